The van der Waals surface area contributed by atoms with Crippen LogP contribution in [0.4, 0.5) is 0 Å². The highest BCUT2D eigenvalue weighted by Gasteiger charge is 2.16. The number of methoxy groups -OCH3 is 1. The molecular weight excluding hydrogens is 340 g/mol. The lowest BCUT2D eigenvalue weighted by atomic mass is 10.2. The Balaban J connectivity index is 2.00. The third-order valence-corrected chi connectivity index (χ3v) is 5.46. The van der Waals surface area contributed by atoms with Gasteiger partial charge < -0.3 is 15.0 Å². The van der Waals surface area contributed by atoms with Crippen LogP contribution in [0.5, 0.6) is 0 Å². The smallest absolute Gasteiger partial charge is 0.240 e. The van der Waals surface area contributed by atoms with Crippen LogP contribution in [0.2, 0.25) is 0 Å². The number of hydrogen-bond donors (Lipinski definition) is 2. The molecule has 1 aromatic carbocycles. The predicted molar refractivity (Wildman–Crippen MR) is 99.1 cm³/mol. The van der Waals surface area contributed by atoms with Crippen LogP contribution in [0.1, 0.15) is 25.3 Å². The van der Waals surface area contributed by atoms with Gasteiger partial charge in [0.25, 0.3) is 0 Å². The number of rotatable bonds is 8. The van der Waals surface area contributed by atoms with E-state index >= 15 is 0 Å². The average molecular weight is 369 g/mol. The molecule has 1 aromatic rings. The van der Waals surface area contributed by atoms with E-state index in [0.717, 1.165) is 31.2 Å². The van der Waals surface area contributed by atoms with Crippen LogP contribution in [-0.4, -0.2) is 59.2 Å². The molecule has 0 atom stereocenters. The van der Waals surface area contributed by atoms with Crippen LogP contribution in [-0.2, 0) is 21.3 Å². The van der Waals surface area contributed by atoms with E-state index in [1.54, 1.807) is 12.1 Å². The SMILES string of the molecule is CCNC(=NCc1ccc(S(=O)(=O)NCCOC)cc1)N1CCCC1. The van der Waals surface area contributed by atoms with E-state index in [9.17, 15) is 8.42 Å². The van der Waals surface area contributed by atoms with Gasteiger partial charge in [-0.15, -0.1) is 0 Å². The summed E-state index contributed by atoms with van der Waals surface area (Å²) in [6, 6.07) is 6.84. The molecule has 0 aromatic heterocycles. The van der Waals surface area contributed by atoms with E-state index in [4.69, 9.17) is 4.74 Å². The first-order chi connectivity index (χ1) is 12.1. The van der Waals surface area contributed by atoms with Crippen LogP contribution >= 0.6 is 0 Å². The number of guanidine groups is 1. The zero-order chi connectivity index (χ0) is 18.1. The number of nitrogens with one attached hydrogen (secondary N) is 2. The molecule has 0 spiro atoms. The number of ether oxygens (including phenoxy) is 1. The number of sulfonamides is 1. The molecular formula is C17H28N4O3S. The van der Waals surface area contributed by atoms with Crippen molar-refractivity contribution < 1.29 is 13.2 Å². The van der Waals surface area contributed by atoms with Gasteiger partial charge in [0.2, 0.25) is 10.0 Å². The van der Waals surface area contributed by atoms with E-state index in [1.807, 2.05) is 12.1 Å². The lowest BCUT2D eigenvalue weighted by molar-refractivity contribution is 0.204. The van der Waals surface area contributed by atoms with Crippen molar-refractivity contribution >= 4 is 16.0 Å². The summed E-state index contributed by atoms with van der Waals surface area (Å²) in [5.74, 6) is 0.929. The van der Waals surface area contributed by atoms with Gasteiger partial charge in [-0.25, -0.2) is 18.1 Å². The fourth-order valence-electron chi connectivity index (χ4n) is 2.66. The summed E-state index contributed by atoms with van der Waals surface area (Å²) in [4.78, 5) is 7.19. The Kier molecular flexibility index (Phi) is 7.67. The van der Waals surface area contributed by atoms with Crippen molar-refractivity contribution in [2.45, 2.75) is 31.2 Å². The quantitative estimate of drug-likeness (QED) is 0.409. The van der Waals surface area contributed by atoms with E-state index in [2.05, 4.69) is 26.9 Å². The average Bonchev–Trinajstić information content (AvgIpc) is 3.13. The molecule has 140 valence electrons. The number of aliphatic imine (C=N–C) groups is 1. The third-order valence-electron chi connectivity index (χ3n) is 3.98. The van der Waals surface area contributed by atoms with Crippen LogP contribution in [0.25, 0.3) is 0 Å². The van der Waals surface area contributed by atoms with Crippen molar-refractivity contribution in [1.29, 1.82) is 0 Å². The van der Waals surface area contributed by atoms with Crippen LogP contribution in [0.15, 0.2) is 34.2 Å². The first-order valence-electron chi connectivity index (χ1n) is 8.67. The maximum absolute atomic E-state index is 12.1. The summed E-state index contributed by atoms with van der Waals surface area (Å²) in [5.41, 5.74) is 0.977. The monoisotopic (exact) mass is 368 g/mol. The van der Waals surface area contributed by atoms with Crippen molar-refractivity contribution in [3.63, 3.8) is 0 Å². The van der Waals surface area contributed by atoms with Gasteiger partial charge in [0, 0.05) is 33.3 Å². The van der Waals surface area contributed by atoms with Gasteiger partial charge in [-0.1, -0.05) is 12.1 Å². The lowest BCUT2D eigenvalue weighted by Gasteiger charge is -2.20. The highest BCUT2D eigenvalue weighted by Crippen LogP contribution is 2.12. The van der Waals surface area contributed by atoms with Crippen LogP contribution in [0, 0.1) is 0 Å². The van der Waals surface area contributed by atoms with Gasteiger partial charge in [0.15, 0.2) is 5.96 Å². The molecule has 1 aliphatic heterocycles. The van der Waals surface area contributed by atoms with Crippen molar-refractivity contribution in [1.82, 2.24) is 14.9 Å². The van der Waals surface area contributed by atoms with E-state index in [0.29, 0.717) is 13.2 Å². The number of hydrogen-bond acceptors (Lipinski definition) is 4. The van der Waals surface area contributed by atoms with Gasteiger partial charge in [-0.3, -0.25) is 0 Å². The molecule has 8 heteroatoms. The van der Waals surface area contributed by atoms with Crippen molar-refractivity contribution in [3.05, 3.63) is 29.8 Å². The molecule has 7 nitrogen and oxygen atoms in total. The molecule has 1 fully saturated rings. The molecule has 2 rings (SSSR count). The third kappa shape index (κ3) is 5.98. The Bertz CT molecular complexity index is 653. The number of likely N-dealkylation sites (tertiary alicyclic amines) is 1. The minimum Gasteiger partial charge on any atom is -0.383 e. The number of nitrogens with zero attached hydrogens (tertiary/aromatic N) is 2. The fourth-order valence-corrected chi connectivity index (χ4v) is 3.67. The van der Waals surface area contributed by atoms with E-state index in [1.165, 1.54) is 20.0 Å². The summed E-state index contributed by atoms with van der Waals surface area (Å²) in [5, 5.41) is 3.32. The molecule has 0 saturated carbocycles. The van der Waals surface area contributed by atoms with E-state index in [-0.39, 0.29) is 11.4 Å². The summed E-state index contributed by atoms with van der Waals surface area (Å²) in [7, 11) is -1.95. The van der Waals surface area contributed by atoms with E-state index < -0.39 is 10.0 Å². The molecule has 2 N–H and O–H groups in total. The van der Waals surface area contributed by atoms with Crippen LogP contribution in [0.3, 0.4) is 0 Å². The van der Waals surface area contributed by atoms with Crippen molar-refractivity contribution in [3.8, 4) is 0 Å². The summed E-state index contributed by atoms with van der Waals surface area (Å²) in [6.07, 6.45) is 2.40. The first kappa shape index (κ1) is 19.7. The Morgan fingerprint density at radius 3 is 2.52 bits per heavy atom. The standard InChI is InChI=1S/C17H28N4O3S/c1-3-18-17(21-11-4-5-12-21)19-14-15-6-8-16(9-7-15)25(22,23)20-10-13-24-2/h6-9,20H,3-5,10-14H2,1-2H3,(H,18,19). The van der Waals surface area contributed by atoms with Gasteiger partial charge in [-0.2, -0.15) is 0 Å². The zero-order valence-corrected chi connectivity index (χ0v) is 15.8. The molecule has 0 aliphatic carbocycles. The summed E-state index contributed by atoms with van der Waals surface area (Å²) < 4.78 is 31.6. The zero-order valence-electron chi connectivity index (χ0n) is 15.0. The second-order valence-corrected chi connectivity index (χ2v) is 7.67. The minimum atomic E-state index is -3.49. The molecule has 0 amide bonds. The van der Waals surface area contributed by atoms with Gasteiger partial charge in [0.1, 0.15) is 0 Å². The van der Waals surface area contributed by atoms with Gasteiger partial charge in [0.05, 0.1) is 18.0 Å². The molecule has 0 bridgehead atoms. The maximum atomic E-state index is 12.1. The molecule has 1 saturated heterocycles. The normalized spacial score (nSPS) is 15.6. The first-order valence-corrected chi connectivity index (χ1v) is 10.2. The topological polar surface area (TPSA) is 83.0 Å². The Morgan fingerprint density at radius 2 is 1.92 bits per heavy atom. The van der Waals surface area contributed by atoms with Crippen molar-refractivity contribution in [2.75, 3.05) is 39.9 Å². The van der Waals surface area contributed by atoms with Crippen molar-refractivity contribution in [2.24, 2.45) is 4.99 Å². The van der Waals surface area contributed by atoms with Gasteiger partial charge in [-0.05, 0) is 37.5 Å². The second-order valence-electron chi connectivity index (χ2n) is 5.90. The maximum Gasteiger partial charge on any atom is 0.240 e. The Hall–Kier alpha value is -1.64. The largest absolute Gasteiger partial charge is 0.383 e. The lowest BCUT2D eigenvalue weighted by Crippen LogP contribution is -2.39. The Morgan fingerprint density at radius 1 is 1.24 bits per heavy atom. The molecule has 0 unspecified atom stereocenters. The molecule has 1 heterocycles. The highest BCUT2D eigenvalue weighted by atomic mass is 32.2. The Labute approximate surface area is 150 Å². The summed E-state index contributed by atoms with van der Waals surface area (Å²) >= 11 is 0. The summed E-state index contributed by atoms with van der Waals surface area (Å²) in [6.45, 7) is 6.09. The fraction of sp³-hybridized carbons (Fsp3) is 0.588. The van der Waals surface area contributed by atoms with Crippen LogP contribution < -0.4 is 10.0 Å². The molecule has 25 heavy (non-hydrogen) atoms. The predicted octanol–water partition coefficient (Wildman–Crippen LogP) is 1.17. The highest BCUT2D eigenvalue weighted by molar-refractivity contribution is 7.89. The minimum absolute atomic E-state index is 0.253. The molecule has 1 aliphatic rings. The second kappa shape index (κ2) is 9.74. The number of benzene rings is 1. The molecule has 0 radical (unpaired) electrons. The van der Waals surface area contributed by atoms with Gasteiger partial charge >= 0.3 is 0 Å².